The van der Waals surface area contributed by atoms with Gasteiger partial charge in [0, 0.05) is 0 Å². The van der Waals surface area contributed by atoms with E-state index in [1.807, 2.05) is 26.0 Å². The number of carbonyl (C=O) groups is 1. The summed E-state index contributed by atoms with van der Waals surface area (Å²) in [6.45, 7) is 3.92. The van der Waals surface area contributed by atoms with E-state index in [0.717, 1.165) is 22.4 Å². The van der Waals surface area contributed by atoms with E-state index in [9.17, 15) is 4.79 Å². The third-order valence-electron chi connectivity index (χ3n) is 2.77. The van der Waals surface area contributed by atoms with Crippen LogP contribution in [-0.2, 0) is 11.2 Å². The number of nitrogens with one attached hydrogen (secondary N) is 1. The van der Waals surface area contributed by atoms with Gasteiger partial charge < -0.3 is 10.5 Å². The predicted molar refractivity (Wildman–Crippen MR) is 66.5 cm³/mol. The molecule has 0 aliphatic heterocycles. The fourth-order valence-electron chi connectivity index (χ4n) is 1.73. The first-order chi connectivity index (χ1) is 7.99. The lowest BCUT2D eigenvalue weighted by Gasteiger charge is -2.14. The topological polar surface area (TPSA) is 90.4 Å². The minimum absolute atomic E-state index is 0.363. The van der Waals surface area contributed by atoms with Crippen molar-refractivity contribution in [3.05, 3.63) is 28.8 Å². The molecular weight excluding hydrogens is 218 g/mol. The highest BCUT2D eigenvalue weighted by molar-refractivity contribution is 5.81. The Hall–Kier alpha value is -1.59. The SMILES string of the molecule is COc1cc(C)c(CC(N)C(=O)NN)cc1C. The number of rotatable bonds is 4. The molecule has 0 aromatic heterocycles. The Morgan fingerprint density at radius 1 is 1.41 bits per heavy atom. The quantitative estimate of drug-likeness (QED) is 0.395. The molecule has 1 unspecified atom stereocenters. The summed E-state index contributed by atoms with van der Waals surface area (Å²) in [5.41, 5.74) is 10.9. The molecule has 0 saturated carbocycles. The Labute approximate surface area is 101 Å². The first-order valence-corrected chi connectivity index (χ1v) is 5.39. The highest BCUT2D eigenvalue weighted by atomic mass is 16.5. The molecule has 5 heteroatoms. The maximum atomic E-state index is 11.2. The van der Waals surface area contributed by atoms with Gasteiger partial charge in [0.15, 0.2) is 0 Å². The summed E-state index contributed by atoms with van der Waals surface area (Å²) >= 11 is 0. The lowest BCUT2D eigenvalue weighted by molar-refractivity contribution is -0.122. The van der Waals surface area contributed by atoms with Gasteiger partial charge in [-0.25, -0.2) is 5.84 Å². The molecule has 17 heavy (non-hydrogen) atoms. The smallest absolute Gasteiger partial charge is 0.251 e. The van der Waals surface area contributed by atoms with Crippen molar-refractivity contribution in [1.82, 2.24) is 5.43 Å². The van der Waals surface area contributed by atoms with Crippen molar-refractivity contribution in [3.8, 4) is 5.75 Å². The van der Waals surface area contributed by atoms with Gasteiger partial charge in [0.05, 0.1) is 13.2 Å². The first kappa shape index (κ1) is 13.5. The van der Waals surface area contributed by atoms with Crippen LogP contribution in [0.1, 0.15) is 16.7 Å². The standard InChI is InChI=1S/C12H19N3O2/c1-7-5-11(17-3)8(2)4-9(7)6-10(13)12(16)15-14/h4-5,10H,6,13-14H2,1-3H3,(H,15,16). The lowest BCUT2D eigenvalue weighted by atomic mass is 9.98. The average molecular weight is 237 g/mol. The number of aryl methyl sites for hydroxylation is 2. The van der Waals surface area contributed by atoms with Gasteiger partial charge in [-0.1, -0.05) is 6.07 Å². The van der Waals surface area contributed by atoms with Gasteiger partial charge in [0.1, 0.15) is 5.75 Å². The Morgan fingerprint density at radius 3 is 2.59 bits per heavy atom. The molecule has 1 aromatic rings. The first-order valence-electron chi connectivity index (χ1n) is 5.39. The van der Waals surface area contributed by atoms with Crippen molar-refractivity contribution in [2.24, 2.45) is 11.6 Å². The maximum Gasteiger partial charge on any atom is 0.251 e. The normalized spacial score (nSPS) is 12.1. The molecule has 1 aromatic carbocycles. The number of hydrogen-bond acceptors (Lipinski definition) is 4. The van der Waals surface area contributed by atoms with Gasteiger partial charge in [-0.15, -0.1) is 0 Å². The second-order valence-corrected chi connectivity index (χ2v) is 4.07. The van der Waals surface area contributed by atoms with Crippen LogP contribution in [0.3, 0.4) is 0 Å². The number of benzene rings is 1. The largest absolute Gasteiger partial charge is 0.496 e. The average Bonchev–Trinajstić information content (AvgIpc) is 2.32. The molecule has 0 aliphatic carbocycles. The van der Waals surface area contributed by atoms with Gasteiger partial charge in [0.25, 0.3) is 5.91 Å². The van der Waals surface area contributed by atoms with Crippen molar-refractivity contribution in [3.63, 3.8) is 0 Å². The van der Waals surface area contributed by atoms with Gasteiger partial charge in [0.2, 0.25) is 0 Å². The molecule has 1 atom stereocenters. The molecule has 0 heterocycles. The Morgan fingerprint density at radius 2 is 2.06 bits per heavy atom. The fraction of sp³-hybridized carbons (Fsp3) is 0.417. The van der Waals surface area contributed by atoms with Crippen molar-refractivity contribution >= 4 is 5.91 Å². The van der Waals surface area contributed by atoms with E-state index in [1.165, 1.54) is 0 Å². The summed E-state index contributed by atoms with van der Waals surface area (Å²) in [6.07, 6.45) is 0.458. The van der Waals surface area contributed by atoms with E-state index in [1.54, 1.807) is 7.11 Å². The zero-order chi connectivity index (χ0) is 13.0. The number of hydrogen-bond donors (Lipinski definition) is 3. The van der Waals surface area contributed by atoms with Crippen LogP contribution in [-0.4, -0.2) is 19.1 Å². The second-order valence-electron chi connectivity index (χ2n) is 4.07. The lowest BCUT2D eigenvalue weighted by Crippen LogP contribution is -2.45. The van der Waals surface area contributed by atoms with E-state index in [4.69, 9.17) is 16.3 Å². The van der Waals surface area contributed by atoms with Crippen LogP contribution in [0.5, 0.6) is 5.75 Å². The van der Waals surface area contributed by atoms with Crippen LogP contribution in [0.4, 0.5) is 0 Å². The molecule has 0 saturated heterocycles. The number of hydrazine groups is 1. The molecule has 0 bridgehead atoms. The highest BCUT2D eigenvalue weighted by Gasteiger charge is 2.14. The second kappa shape index (κ2) is 5.65. The van der Waals surface area contributed by atoms with Crippen molar-refractivity contribution in [1.29, 1.82) is 0 Å². The summed E-state index contributed by atoms with van der Waals surface area (Å²) in [4.78, 5) is 11.2. The van der Waals surface area contributed by atoms with E-state index in [0.29, 0.717) is 6.42 Å². The molecule has 1 rings (SSSR count). The summed E-state index contributed by atoms with van der Waals surface area (Å²) in [5, 5.41) is 0. The zero-order valence-electron chi connectivity index (χ0n) is 10.4. The maximum absolute atomic E-state index is 11.2. The molecule has 94 valence electrons. The monoisotopic (exact) mass is 237 g/mol. The fourth-order valence-corrected chi connectivity index (χ4v) is 1.73. The molecular formula is C12H19N3O2. The third-order valence-corrected chi connectivity index (χ3v) is 2.77. The number of nitrogens with two attached hydrogens (primary N) is 2. The van der Waals surface area contributed by atoms with Gasteiger partial charge in [-0.3, -0.25) is 10.2 Å². The van der Waals surface area contributed by atoms with E-state index < -0.39 is 6.04 Å². The molecule has 0 aliphatic rings. The molecule has 0 radical (unpaired) electrons. The zero-order valence-corrected chi connectivity index (χ0v) is 10.4. The number of amides is 1. The number of methoxy groups -OCH3 is 1. The van der Waals surface area contributed by atoms with Crippen LogP contribution in [0.15, 0.2) is 12.1 Å². The van der Waals surface area contributed by atoms with Crippen LogP contribution >= 0.6 is 0 Å². The third kappa shape index (κ3) is 3.18. The molecule has 0 fully saturated rings. The van der Waals surface area contributed by atoms with Crippen LogP contribution in [0, 0.1) is 13.8 Å². The van der Waals surface area contributed by atoms with E-state index in [-0.39, 0.29) is 5.91 Å². The summed E-state index contributed by atoms with van der Waals surface area (Å²) in [7, 11) is 1.63. The molecule has 1 amide bonds. The highest BCUT2D eigenvalue weighted by Crippen LogP contribution is 2.23. The van der Waals surface area contributed by atoms with Gasteiger partial charge in [-0.05, 0) is 43.0 Å². The van der Waals surface area contributed by atoms with Gasteiger partial charge >= 0.3 is 0 Å². The Balaban J connectivity index is 2.92. The molecule has 5 N–H and O–H groups in total. The van der Waals surface area contributed by atoms with Crippen molar-refractivity contribution in [2.45, 2.75) is 26.3 Å². The van der Waals surface area contributed by atoms with E-state index >= 15 is 0 Å². The number of carbonyl (C=O) groups excluding carboxylic acids is 1. The van der Waals surface area contributed by atoms with E-state index in [2.05, 4.69) is 5.43 Å². The summed E-state index contributed by atoms with van der Waals surface area (Å²) in [6, 6.07) is 3.29. The van der Waals surface area contributed by atoms with Crippen LogP contribution < -0.4 is 21.7 Å². The van der Waals surface area contributed by atoms with Crippen LogP contribution in [0.25, 0.3) is 0 Å². The minimum Gasteiger partial charge on any atom is -0.496 e. The van der Waals surface area contributed by atoms with Gasteiger partial charge in [-0.2, -0.15) is 0 Å². The van der Waals surface area contributed by atoms with Crippen molar-refractivity contribution in [2.75, 3.05) is 7.11 Å². The Kier molecular flexibility index (Phi) is 4.48. The summed E-state index contributed by atoms with van der Waals surface area (Å²) in [5.74, 6) is 5.51. The minimum atomic E-state index is -0.633. The predicted octanol–water partition coefficient (Wildman–Crippen LogP) is 0.172. The number of ether oxygens (including phenoxy) is 1. The van der Waals surface area contributed by atoms with Crippen molar-refractivity contribution < 1.29 is 9.53 Å². The Bertz CT molecular complexity index is 418. The summed E-state index contributed by atoms with van der Waals surface area (Å²) < 4.78 is 5.22. The van der Waals surface area contributed by atoms with Crippen LogP contribution in [0.2, 0.25) is 0 Å². The molecule has 5 nitrogen and oxygen atoms in total. The molecule has 0 spiro atoms.